The maximum absolute atomic E-state index is 13.0. The van der Waals surface area contributed by atoms with E-state index in [1.54, 1.807) is 0 Å². The highest BCUT2D eigenvalue weighted by Gasteiger charge is 2.09. The van der Waals surface area contributed by atoms with Gasteiger partial charge in [-0.3, -0.25) is 20.4 Å². The Labute approximate surface area is 80.1 Å². The standard InChI is InChI=1S/C9H9FN2O2/c1-6(13)11-12-9(14)7-4-2-3-5-8(7)10/h2-5H,1H3,(H,11,13)(H,12,14). The number of hydrogen-bond acceptors (Lipinski definition) is 2. The van der Waals surface area contributed by atoms with Crippen LogP contribution in [0, 0.1) is 5.82 Å². The third-order valence-corrected chi connectivity index (χ3v) is 1.47. The van der Waals surface area contributed by atoms with Gasteiger partial charge in [0.05, 0.1) is 5.56 Å². The van der Waals surface area contributed by atoms with Crippen LogP contribution >= 0.6 is 0 Å². The monoisotopic (exact) mass is 196 g/mol. The van der Waals surface area contributed by atoms with Crippen LogP contribution in [0.1, 0.15) is 17.3 Å². The van der Waals surface area contributed by atoms with Crippen molar-refractivity contribution in [3.05, 3.63) is 35.6 Å². The molecule has 0 fully saturated rings. The summed E-state index contributed by atoms with van der Waals surface area (Å²) >= 11 is 0. The fourth-order valence-electron chi connectivity index (χ4n) is 0.857. The molecule has 0 aliphatic rings. The molecule has 0 atom stereocenters. The van der Waals surface area contributed by atoms with Crippen molar-refractivity contribution >= 4 is 11.8 Å². The van der Waals surface area contributed by atoms with Crippen molar-refractivity contribution in [2.24, 2.45) is 0 Å². The molecule has 2 amide bonds. The van der Waals surface area contributed by atoms with Gasteiger partial charge in [-0.25, -0.2) is 4.39 Å². The third-order valence-electron chi connectivity index (χ3n) is 1.47. The first kappa shape index (κ1) is 10.2. The summed E-state index contributed by atoms with van der Waals surface area (Å²) in [6, 6.07) is 5.51. The molecule has 0 heterocycles. The summed E-state index contributed by atoms with van der Waals surface area (Å²) in [5.41, 5.74) is 4.02. The lowest BCUT2D eigenvalue weighted by atomic mass is 10.2. The lowest BCUT2D eigenvalue weighted by Crippen LogP contribution is -2.40. The number of amides is 2. The summed E-state index contributed by atoms with van der Waals surface area (Å²) in [7, 11) is 0. The molecule has 14 heavy (non-hydrogen) atoms. The molecule has 0 aromatic heterocycles. The second-order valence-electron chi connectivity index (χ2n) is 2.62. The summed E-state index contributed by atoms with van der Waals surface area (Å²) in [6.07, 6.45) is 0. The van der Waals surface area contributed by atoms with Crippen molar-refractivity contribution in [2.75, 3.05) is 0 Å². The summed E-state index contributed by atoms with van der Waals surface area (Å²) < 4.78 is 13.0. The molecule has 2 N–H and O–H groups in total. The number of nitrogens with one attached hydrogen (secondary N) is 2. The molecule has 0 bridgehead atoms. The van der Waals surface area contributed by atoms with Gasteiger partial charge in [-0.1, -0.05) is 12.1 Å². The first-order chi connectivity index (χ1) is 6.61. The van der Waals surface area contributed by atoms with Crippen molar-refractivity contribution in [3.63, 3.8) is 0 Å². The van der Waals surface area contributed by atoms with Crippen molar-refractivity contribution in [1.29, 1.82) is 0 Å². The van der Waals surface area contributed by atoms with Crippen molar-refractivity contribution in [2.45, 2.75) is 6.92 Å². The molecule has 74 valence electrons. The van der Waals surface area contributed by atoms with E-state index in [4.69, 9.17) is 0 Å². The molecular formula is C9H9FN2O2. The van der Waals surface area contributed by atoms with Gasteiger partial charge in [-0.15, -0.1) is 0 Å². The highest BCUT2D eigenvalue weighted by molar-refractivity contribution is 5.95. The molecule has 0 aliphatic carbocycles. The summed E-state index contributed by atoms with van der Waals surface area (Å²) in [6.45, 7) is 1.24. The Morgan fingerprint density at radius 1 is 1.21 bits per heavy atom. The highest BCUT2D eigenvalue weighted by Crippen LogP contribution is 2.04. The molecule has 0 unspecified atom stereocenters. The van der Waals surface area contributed by atoms with E-state index in [2.05, 4.69) is 10.9 Å². The number of halogens is 1. The van der Waals surface area contributed by atoms with E-state index in [1.165, 1.54) is 31.2 Å². The third kappa shape index (κ3) is 2.55. The molecule has 1 aromatic carbocycles. The Kier molecular flexibility index (Phi) is 3.17. The van der Waals surface area contributed by atoms with E-state index in [0.29, 0.717) is 0 Å². The quantitative estimate of drug-likeness (QED) is 0.646. The predicted molar refractivity (Wildman–Crippen MR) is 47.7 cm³/mol. The molecule has 4 nitrogen and oxygen atoms in total. The van der Waals surface area contributed by atoms with E-state index in [-0.39, 0.29) is 5.56 Å². The first-order valence-corrected chi connectivity index (χ1v) is 3.92. The number of carbonyl (C=O) groups excluding carboxylic acids is 2. The smallest absolute Gasteiger partial charge is 0.272 e. The zero-order chi connectivity index (χ0) is 10.6. The van der Waals surface area contributed by atoms with E-state index in [0.717, 1.165) is 0 Å². The van der Waals surface area contributed by atoms with Gasteiger partial charge in [0.15, 0.2) is 0 Å². The van der Waals surface area contributed by atoms with Gasteiger partial charge in [0.1, 0.15) is 5.82 Å². The predicted octanol–water partition coefficient (Wildman–Crippen LogP) is 0.607. The average molecular weight is 196 g/mol. The van der Waals surface area contributed by atoms with Crippen molar-refractivity contribution in [1.82, 2.24) is 10.9 Å². The van der Waals surface area contributed by atoms with E-state index >= 15 is 0 Å². The maximum atomic E-state index is 13.0. The fourth-order valence-corrected chi connectivity index (χ4v) is 0.857. The Balaban J connectivity index is 2.70. The van der Waals surface area contributed by atoms with Crippen LogP contribution in [0.25, 0.3) is 0 Å². The average Bonchev–Trinajstić information content (AvgIpc) is 2.15. The van der Waals surface area contributed by atoms with Gasteiger partial charge in [0.25, 0.3) is 5.91 Å². The minimum Gasteiger partial charge on any atom is -0.274 e. The topological polar surface area (TPSA) is 58.2 Å². The zero-order valence-electron chi connectivity index (χ0n) is 7.50. The molecule has 0 spiro atoms. The van der Waals surface area contributed by atoms with E-state index in [1.807, 2.05) is 0 Å². The summed E-state index contributed by atoms with van der Waals surface area (Å²) in [4.78, 5) is 21.6. The minimum absolute atomic E-state index is 0.110. The molecule has 1 aromatic rings. The van der Waals surface area contributed by atoms with E-state index in [9.17, 15) is 14.0 Å². The number of hydrogen-bond donors (Lipinski definition) is 2. The summed E-state index contributed by atoms with van der Waals surface area (Å²) in [5, 5.41) is 0. The van der Waals surface area contributed by atoms with Crippen molar-refractivity contribution in [3.8, 4) is 0 Å². The SMILES string of the molecule is CC(=O)NNC(=O)c1ccccc1F. The van der Waals surface area contributed by atoms with Crippen molar-refractivity contribution < 1.29 is 14.0 Å². The molecule has 0 saturated heterocycles. The van der Waals surface area contributed by atoms with Gasteiger partial charge in [0, 0.05) is 6.92 Å². The second-order valence-corrected chi connectivity index (χ2v) is 2.62. The van der Waals surface area contributed by atoms with Crippen LogP contribution < -0.4 is 10.9 Å². The lowest BCUT2D eigenvalue weighted by molar-refractivity contribution is -0.119. The fraction of sp³-hybridized carbons (Fsp3) is 0.111. The Morgan fingerprint density at radius 2 is 1.86 bits per heavy atom. The Bertz CT molecular complexity index is 366. The number of hydrazine groups is 1. The van der Waals surface area contributed by atoms with Crippen LogP contribution in [-0.4, -0.2) is 11.8 Å². The molecule has 0 radical (unpaired) electrons. The largest absolute Gasteiger partial charge is 0.274 e. The van der Waals surface area contributed by atoms with Crippen LogP contribution in [0.15, 0.2) is 24.3 Å². The molecular weight excluding hydrogens is 187 g/mol. The normalized spacial score (nSPS) is 9.29. The molecule has 0 saturated carbocycles. The molecule has 1 rings (SSSR count). The maximum Gasteiger partial charge on any atom is 0.272 e. The van der Waals surface area contributed by atoms with Gasteiger partial charge in [0.2, 0.25) is 5.91 Å². The van der Waals surface area contributed by atoms with Gasteiger partial charge in [-0.2, -0.15) is 0 Å². The first-order valence-electron chi connectivity index (χ1n) is 3.92. The second kappa shape index (κ2) is 4.36. The minimum atomic E-state index is -0.682. The highest BCUT2D eigenvalue weighted by atomic mass is 19.1. The van der Waals surface area contributed by atoms with Crippen LogP contribution in [0.4, 0.5) is 4.39 Å². The Hall–Kier alpha value is -1.91. The van der Waals surface area contributed by atoms with Crippen LogP contribution in [0.3, 0.4) is 0 Å². The van der Waals surface area contributed by atoms with Gasteiger partial charge >= 0.3 is 0 Å². The van der Waals surface area contributed by atoms with Crippen LogP contribution in [0.5, 0.6) is 0 Å². The molecule has 0 aliphatic heterocycles. The lowest BCUT2D eigenvalue weighted by Gasteiger charge is -2.05. The number of rotatable bonds is 1. The van der Waals surface area contributed by atoms with Crippen LogP contribution in [-0.2, 0) is 4.79 Å². The number of benzene rings is 1. The number of carbonyl (C=O) groups is 2. The van der Waals surface area contributed by atoms with Gasteiger partial charge < -0.3 is 0 Å². The summed E-state index contributed by atoms with van der Waals surface area (Å²) in [5.74, 6) is -1.73. The molecule has 5 heteroatoms. The van der Waals surface area contributed by atoms with Gasteiger partial charge in [-0.05, 0) is 12.1 Å². The van der Waals surface area contributed by atoms with E-state index < -0.39 is 17.6 Å². The Morgan fingerprint density at radius 3 is 2.43 bits per heavy atom. The van der Waals surface area contributed by atoms with Crippen LogP contribution in [0.2, 0.25) is 0 Å². The zero-order valence-corrected chi connectivity index (χ0v) is 7.50.